The second-order valence-electron chi connectivity index (χ2n) is 4.18. The molecule has 0 saturated heterocycles. The van der Waals surface area contributed by atoms with Gasteiger partial charge in [0.2, 0.25) is 0 Å². The summed E-state index contributed by atoms with van der Waals surface area (Å²) in [4.78, 5) is 19.8. The molecule has 19 heavy (non-hydrogen) atoms. The van der Waals surface area contributed by atoms with Gasteiger partial charge in [-0.1, -0.05) is 27.7 Å². The maximum atomic E-state index is 9.90. The molecule has 0 aliphatic carbocycles. The zero-order chi connectivity index (χ0) is 13.5. The SMILES string of the molecule is CC(C)[C@H](N)C(=O)[O-].CC(C)[C@H](N)C(=O)[O-].[Ni+2].[OH3+].[OH3+]. The van der Waals surface area contributed by atoms with Crippen LogP contribution in [0, 0.1) is 11.8 Å². The van der Waals surface area contributed by atoms with Crippen LogP contribution in [-0.4, -0.2) is 24.0 Å². The van der Waals surface area contributed by atoms with E-state index in [1.807, 2.05) is 0 Å². The first-order valence-corrected chi connectivity index (χ1v) is 5.04. The van der Waals surface area contributed by atoms with E-state index in [2.05, 4.69) is 0 Å². The molecule has 0 bridgehead atoms. The van der Waals surface area contributed by atoms with Crippen LogP contribution in [0.15, 0.2) is 0 Å². The zero-order valence-electron chi connectivity index (χ0n) is 11.6. The normalized spacial score (nSPS) is 11.8. The van der Waals surface area contributed by atoms with Crippen molar-refractivity contribution in [2.24, 2.45) is 23.3 Å². The van der Waals surface area contributed by atoms with Crippen LogP contribution in [0.2, 0.25) is 0 Å². The van der Waals surface area contributed by atoms with Crippen molar-refractivity contribution >= 4 is 11.9 Å². The first kappa shape index (κ1) is 30.9. The fourth-order valence-corrected chi connectivity index (χ4v) is 0.544. The number of aliphatic carboxylic acids is 2. The molecular formula is C10H26N2NiO6+2. The van der Waals surface area contributed by atoms with E-state index >= 15 is 0 Å². The summed E-state index contributed by atoms with van der Waals surface area (Å²) in [6, 6.07) is -1.65. The number of carbonyl (C=O) groups is 2. The van der Waals surface area contributed by atoms with Crippen LogP contribution in [-0.2, 0) is 37.0 Å². The Kier molecular flexibility index (Phi) is 25.0. The molecule has 0 amide bonds. The Morgan fingerprint density at radius 3 is 0.947 bits per heavy atom. The zero-order valence-corrected chi connectivity index (χ0v) is 12.6. The first-order chi connectivity index (χ1) is 7.11. The summed E-state index contributed by atoms with van der Waals surface area (Å²) in [5.41, 5.74) is 10.2. The molecule has 0 aliphatic heterocycles. The number of carboxylic acids is 2. The monoisotopic (exact) mass is 328 g/mol. The maximum absolute atomic E-state index is 9.90. The minimum absolute atomic E-state index is 0. The molecule has 0 spiro atoms. The van der Waals surface area contributed by atoms with E-state index in [0.29, 0.717) is 0 Å². The smallest absolute Gasteiger partial charge is 0.548 e. The van der Waals surface area contributed by atoms with Gasteiger partial charge in [0.15, 0.2) is 0 Å². The quantitative estimate of drug-likeness (QED) is 0.385. The van der Waals surface area contributed by atoms with Gasteiger partial charge in [0.1, 0.15) is 0 Å². The Labute approximate surface area is 123 Å². The van der Waals surface area contributed by atoms with Crippen molar-refractivity contribution < 1.29 is 47.2 Å². The molecule has 9 heteroatoms. The second kappa shape index (κ2) is 15.3. The summed E-state index contributed by atoms with van der Waals surface area (Å²) in [7, 11) is 0. The van der Waals surface area contributed by atoms with Gasteiger partial charge in [-0.05, 0) is 11.8 Å². The summed E-state index contributed by atoms with van der Waals surface area (Å²) in [6.45, 7) is 6.95. The van der Waals surface area contributed by atoms with E-state index in [4.69, 9.17) is 11.5 Å². The fraction of sp³-hybridized carbons (Fsp3) is 0.800. The molecule has 0 aromatic heterocycles. The van der Waals surface area contributed by atoms with E-state index in [1.54, 1.807) is 27.7 Å². The first-order valence-electron chi connectivity index (χ1n) is 5.04. The van der Waals surface area contributed by atoms with Gasteiger partial charge in [-0.3, -0.25) is 0 Å². The third-order valence-corrected chi connectivity index (χ3v) is 1.98. The second-order valence-corrected chi connectivity index (χ2v) is 4.18. The van der Waals surface area contributed by atoms with E-state index < -0.39 is 24.0 Å². The minimum atomic E-state index is -1.18. The fourth-order valence-electron chi connectivity index (χ4n) is 0.544. The molecular weight excluding hydrogens is 303 g/mol. The molecule has 8 nitrogen and oxygen atoms in total. The van der Waals surface area contributed by atoms with Crippen LogP contribution in [0.25, 0.3) is 0 Å². The maximum Gasteiger partial charge on any atom is 2.00 e. The van der Waals surface area contributed by atoms with Crippen molar-refractivity contribution in [3.63, 3.8) is 0 Å². The topological polar surface area (TPSA) is 198 Å². The third kappa shape index (κ3) is 17.3. The van der Waals surface area contributed by atoms with Gasteiger partial charge in [-0.15, -0.1) is 0 Å². The number of carbonyl (C=O) groups excluding carboxylic acids is 2. The van der Waals surface area contributed by atoms with Gasteiger partial charge in [0.05, 0.1) is 11.9 Å². The Hall–Kier alpha value is -0.726. The van der Waals surface area contributed by atoms with Crippen molar-refractivity contribution in [2.75, 3.05) is 0 Å². The molecule has 120 valence electrons. The predicted octanol–water partition coefficient (Wildman–Crippen LogP) is -4.41. The Morgan fingerprint density at radius 1 is 0.789 bits per heavy atom. The van der Waals surface area contributed by atoms with Crippen molar-refractivity contribution in [1.29, 1.82) is 0 Å². The molecule has 0 fully saturated rings. The van der Waals surface area contributed by atoms with Crippen LogP contribution in [0.1, 0.15) is 27.7 Å². The molecule has 0 unspecified atom stereocenters. The molecule has 0 aliphatic rings. The Balaban J connectivity index is -0.0000000594. The number of carboxylic acid groups (broad SMARTS) is 2. The minimum Gasteiger partial charge on any atom is -0.548 e. The number of hydrogen-bond donors (Lipinski definition) is 2. The van der Waals surface area contributed by atoms with Crippen LogP contribution >= 0.6 is 0 Å². The number of rotatable bonds is 4. The van der Waals surface area contributed by atoms with E-state index in [0.717, 1.165) is 0 Å². The standard InChI is InChI=1S/2C5H11NO2.Ni.2H2O/c2*1-3(2)4(6)5(7)8;;;/h2*3-4H,6H2,1-2H3,(H,7,8);;2*1H2/q;;+2;;/t2*4-;;;/m00.../s1. The predicted molar refractivity (Wildman–Crippen MR) is 65.4 cm³/mol. The van der Waals surface area contributed by atoms with Crippen LogP contribution in [0.5, 0.6) is 0 Å². The van der Waals surface area contributed by atoms with Crippen LogP contribution in [0.4, 0.5) is 0 Å². The number of hydrogen-bond acceptors (Lipinski definition) is 6. The summed E-state index contributed by atoms with van der Waals surface area (Å²) >= 11 is 0. The van der Waals surface area contributed by atoms with Gasteiger partial charge >= 0.3 is 16.5 Å². The van der Waals surface area contributed by atoms with Crippen LogP contribution < -0.4 is 21.7 Å². The Morgan fingerprint density at radius 2 is 0.947 bits per heavy atom. The van der Waals surface area contributed by atoms with E-state index in [1.165, 1.54) is 0 Å². The van der Waals surface area contributed by atoms with Gasteiger partial charge in [-0.2, -0.15) is 0 Å². The van der Waals surface area contributed by atoms with Crippen molar-refractivity contribution in [3.8, 4) is 0 Å². The van der Waals surface area contributed by atoms with E-state index in [9.17, 15) is 19.8 Å². The molecule has 10 N–H and O–H groups in total. The molecule has 0 rings (SSSR count). The Bertz CT molecular complexity index is 214. The molecule has 0 saturated carbocycles. The largest absolute Gasteiger partial charge is 2.00 e. The van der Waals surface area contributed by atoms with Crippen LogP contribution in [0.3, 0.4) is 0 Å². The summed E-state index contributed by atoms with van der Waals surface area (Å²) in [6.07, 6.45) is 0. The van der Waals surface area contributed by atoms with Gasteiger partial charge in [0.25, 0.3) is 0 Å². The summed E-state index contributed by atoms with van der Waals surface area (Å²) < 4.78 is 0. The van der Waals surface area contributed by atoms with Gasteiger partial charge < -0.3 is 42.2 Å². The van der Waals surface area contributed by atoms with E-state index in [-0.39, 0.29) is 39.3 Å². The third-order valence-electron chi connectivity index (χ3n) is 1.98. The summed E-state index contributed by atoms with van der Waals surface area (Å²) in [5, 5.41) is 19.8. The average Bonchev–Trinajstić information content (AvgIpc) is 2.15. The average molecular weight is 329 g/mol. The van der Waals surface area contributed by atoms with Crippen molar-refractivity contribution in [1.82, 2.24) is 0 Å². The van der Waals surface area contributed by atoms with Crippen molar-refractivity contribution in [2.45, 2.75) is 39.8 Å². The molecule has 0 radical (unpaired) electrons. The van der Waals surface area contributed by atoms with Gasteiger partial charge in [0, 0.05) is 12.1 Å². The molecule has 0 heterocycles. The molecule has 0 aromatic rings. The van der Waals surface area contributed by atoms with Gasteiger partial charge in [-0.25, -0.2) is 0 Å². The molecule has 0 aromatic carbocycles. The molecule has 2 atom stereocenters. The number of nitrogens with two attached hydrogens (primary N) is 2. The summed E-state index contributed by atoms with van der Waals surface area (Å²) in [5.74, 6) is -2.44. The van der Waals surface area contributed by atoms with Crippen molar-refractivity contribution in [3.05, 3.63) is 0 Å².